The number of ketones is 1. The van der Waals surface area contributed by atoms with Crippen molar-refractivity contribution in [2.75, 3.05) is 13.2 Å². The molecule has 0 bridgehead atoms. The molecule has 1 fully saturated rings. The van der Waals surface area contributed by atoms with Gasteiger partial charge in [-0.05, 0) is 54.8 Å². The normalized spacial score (nSPS) is 17.1. The number of hydrogen-bond acceptors (Lipinski definition) is 5. The number of rotatable bonds is 7. The lowest BCUT2D eigenvalue weighted by Gasteiger charge is -2.25. The number of aromatic nitrogens is 1. The quantitative estimate of drug-likeness (QED) is 0.197. The number of carbonyl (C=O) groups excluding carboxylic acids is 2. The van der Waals surface area contributed by atoms with E-state index in [1.165, 1.54) is 17.0 Å². The van der Waals surface area contributed by atoms with Crippen molar-refractivity contribution < 1.29 is 24.5 Å². The van der Waals surface area contributed by atoms with Crippen LogP contribution in [0.25, 0.3) is 16.7 Å². The number of likely N-dealkylation sites (tertiary alicyclic amines) is 1. The van der Waals surface area contributed by atoms with Crippen LogP contribution in [0.5, 0.6) is 11.5 Å². The number of benzene rings is 3. The van der Waals surface area contributed by atoms with Crippen molar-refractivity contribution in [2.45, 2.75) is 19.4 Å². The fourth-order valence-electron chi connectivity index (χ4n) is 4.79. The van der Waals surface area contributed by atoms with Crippen LogP contribution in [-0.4, -0.2) is 44.9 Å². The number of carbonyl (C=O) groups is 2. The number of ether oxygens (including phenoxy) is 1. The molecule has 7 nitrogen and oxygen atoms in total. The predicted octanol–water partition coefficient (Wildman–Crippen LogP) is 4.94. The van der Waals surface area contributed by atoms with E-state index in [1.54, 1.807) is 36.4 Å². The summed E-state index contributed by atoms with van der Waals surface area (Å²) in [5, 5.41) is 22.5. The molecule has 1 saturated heterocycles. The Balaban J connectivity index is 1.57. The third kappa shape index (κ3) is 4.20. The molecule has 0 saturated carbocycles. The number of aromatic hydroxyl groups is 1. The Bertz CT molecular complexity index is 1490. The van der Waals surface area contributed by atoms with Gasteiger partial charge in [0.1, 0.15) is 17.3 Å². The number of para-hydroxylation sites is 1. The molecule has 182 valence electrons. The van der Waals surface area contributed by atoms with Crippen molar-refractivity contribution in [3.05, 3.63) is 101 Å². The van der Waals surface area contributed by atoms with Crippen LogP contribution in [0, 0.1) is 0 Å². The van der Waals surface area contributed by atoms with Gasteiger partial charge in [-0.2, -0.15) is 0 Å². The van der Waals surface area contributed by atoms with E-state index in [0.29, 0.717) is 29.9 Å². The summed E-state index contributed by atoms with van der Waals surface area (Å²) in [6.07, 6.45) is 2.41. The SMILES string of the molecule is CCOc1cccc(/C(O)=C2\C(=O)C(=O)N(CCc3c[nH]c4ccccc34)C2c2cccc(O)c2)c1. The van der Waals surface area contributed by atoms with Crippen molar-refractivity contribution in [1.82, 2.24) is 9.88 Å². The van der Waals surface area contributed by atoms with Gasteiger partial charge in [0.15, 0.2) is 0 Å². The number of aliphatic hydroxyl groups excluding tert-OH is 1. The fraction of sp³-hybridized carbons (Fsp3) is 0.172. The number of aliphatic hydroxyl groups is 1. The summed E-state index contributed by atoms with van der Waals surface area (Å²) in [4.78, 5) is 31.2. The molecule has 0 radical (unpaired) electrons. The monoisotopic (exact) mass is 482 g/mol. The van der Waals surface area contributed by atoms with Gasteiger partial charge in [0, 0.05) is 29.2 Å². The first-order chi connectivity index (χ1) is 17.5. The maximum Gasteiger partial charge on any atom is 0.295 e. The molecule has 2 heterocycles. The van der Waals surface area contributed by atoms with Crippen molar-refractivity contribution in [3.63, 3.8) is 0 Å². The highest BCUT2D eigenvalue weighted by Gasteiger charge is 2.46. The number of phenols is 1. The molecular weight excluding hydrogens is 456 g/mol. The number of phenolic OH excluding ortho intramolecular Hbond substituents is 1. The van der Waals surface area contributed by atoms with Gasteiger partial charge >= 0.3 is 0 Å². The van der Waals surface area contributed by atoms with Crippen molar-refractivity contribution in [1.29, 1.82) is 0 Å². The minimum Gasteiger partial charge on any atom is -0.508 e. The number of fused-ring (bicyclic) bond motifs is 1. The zero-order valence-electron chi connectivity index (χ0n) is 19.8. The van der Waals surface area contributed by atoms with E-state index < -0.39 is 17.7 Å². The molecule has 1 aliphatic heterocycles. The van der Waals surface area contributed by atoms with Crippen LogP contribution in [-0.2, 0) is 16.0 Å². The molecule has 4 aromatic rings. The second-order valence-corrected chi connectivity index (χ2v) is 8.66. The standard InChI is InChI=1S/C29H26N2O5/c1-2-36-22-10-6-8-19(16-22)27(33)25-26(18-7-5-9-21(32)15-18)31(29(35)28(25)34)14-13-20-17-30-24-12-4-3-11-23(20)24/h3-12,15-17,26,30,32-33H,2,13-14H2,1H3/b27-25+. The van der Waals surface area contributed by atoms with E-state index in [9.17, 15) is 19.8 Å². The van der Waals surface area contributed by atoms with Crippen molar-refractivity contribution in [2.24, 2.45) is 0 Å². The first kappa shape index (κ1) is 23.2. The average Bonchev–Trinajstić information content (AvgIpc) is 3.41. The summed E-state index contributed by atoms with van der Waals surface area (Å²) in [7, 11) is 0. The van der Waals surface area contributed by atoms with Gasteiger partial charge in [-0.1, -0.05) is 42.5 Å². The molecule has 1 atom stereocenters. The number of hydrogen-bond donors (Lipinski definition) is 3. The fourth-order valence-corrected chi connectivity index (χ4v) is 4.79. The molecule has 3 N–H and O–H groups in total. The molecule has 0 aliphatic carbocycles. The van der Waals surface area contributed by atoms with E-state index >= 15 is 0 Å². The number of nitrogens with zero attached hydrogens (tertiary/aromatic N) is 1. The van der Waals surface area contributed by atoms with E-state index in [-0.39, 0.29) is 23.6 Å². The summed E-state index contributed by atoms with van der Waals surface area (Å²) < 4.78 is 5.54. The van der Waals surface area contributed by atoms with Crippen molar-refractivity contribution in [3.8, 4) is 11.5 Å². The van der Waals surface area contributed by atoms with Crippen LogP contribution in [0.1, 0.15) is 29.7 Å². The summed E-state index contributed by atoms with van der Waals surface area (Å²) in [5.41, 5.74) is 2.91. The first-order valence-electron chi connectivity index (χ1n) is 11.8. The lowest BCUT2D eigenvalue weighted by Crippen LogP contribution is -2.31. The Morgan fingerprint density at radius 3 is 2.64 bits per heavy atom. The molecule has 1 aromatic heterocycles. The summed E-state index contributed by atoms with van der Waals surface area (Å²) in [6, 6.07) is 20.2. The third-order valence-electron chi connectivity index (χ3n) is 6.44. The van der Waals surface area contributed by atoms with Gasteiger partial charge in [-0.25, -0.2) is 0 Å². The number of aromatic amines is 1. The Morgan fingerprint density at radius 1 is 1.03 bits per heavy atom. The van der Waals surface area contributed by atoms with E-state index in [2.05, 4.69) is 4.98 Å². The minimum atomic E-state index is -0.849. The zero-order chi connectivity index (χ0) is 25.2. The second-order valence-electron chi connectivity index (χ2n) is 8.66. The van der Waals surface area contributed by atoms with Gasteiger partial charge < -0.3 is 24.8 Å². The largest absolute Gasteiger partial charge is 0.508 e. The number of nitrogens with one attached hydrogen (secondary N) is 1. The molecule has 3 aromatic carbocycles. The zero-order valence-corrected chi connectivity index (χ0v) is 19.8. The van der Waals surface area contributed by atoms with Gasteiger partial charge in [0.05, 0.1) is 18.2 Å². The maximum atomic E-state index is 13.3. The maximum absolute atomic E-state index is 13.3. The minimum absolute atomic E-state index is 0.00746. The van der Waals surface area contributed by atoms with Crippen LogP contribution < -0.4 is 4.74 Å². The molecule has 1 unspecified atom stereocenters. The first-order valence-corrected chi connectivity index (χ1v) is 11.8. The van der Waals surface area contributed by atoms with Crippen LogP contribution in [0.3, 0.4) is 0 Å². The van der Waals surface area contributed by atoms with Gasteiger partial charge in [0.25, 0.3) is 11.7 Å². The Morgan fingerprint density at radius 2 is 1.83 bits per heavy atom. The molecule has 36 heavy (non-hydrogen) atoms. The van der Waals surface area contributed by atoms with Crippen LogP contribution in [0.2, 0.25) is 0 Å². The van der Waals surface area contributed by atoms with Crippen LogP contribution in [0.15, 0.2) is 84.6 Å². The number of Topliss-reactive ketones (excluding diaryl/α,β-unsaturated/α-hetero) is 1. The molecule has 7 heteroatoms. The second kappa shape index (κ2) is 9.62. The highest BCUT2D eigenvalue weighted by Crippen LogP contribution is 2.40. The molecule has 1 aliphatic rings. The van der Waals surface area contributed by atoms with Crippen LogP contribution >= 0.6 is 0 Å². The average molecular weight is 483 g/mol. The van der Waals surface area contributed by atoms with Gasteiger partial charge in [-0.15, -0.1) is 0 Å². The molecular formula is C29H26N2O5. The van der Waals surface area contributed by atoms with E-state index in [1.807, 2.05) is 37.4 Å². The number of amides is 1. The highest BCUT2D eigenvalue weighted by molar-refractivity contribution is 6.46. The lowest BCUT2D eigenvalue weighted by molar-refractivity contribution is -0.139. The Labute approximate surface area is 208 Å². The summed E-state index contributed by atoms with van der Waals surface area (Å²) in [5.74, 6) is -1.18. The smallest absolute Gasteiger partial charge is 0.295 e. The molecule has 0 spiro atoms. The van der Waals surface area contributed by atoms with E-state index in [0.717, 1.165) is 16.5 Å². The topological polar surface area (TPSA) is 103 Å². The Hall–Kier alpha value is -4.52. The Kier molecular flexibility index (Phi) is 6.21. The summed E-state index contributed by atoms with van der Waals surface area (Å²) in [6.45, 7) is 2.56. The van der Waals surface area contributed by atoms with Gasteiger partial charge in [-0.3, -0.25) is 9.59 Å². The van der Waals surface area contributed by atoms with Crippen molar-refractivity contribution >= 4 is 28.4 Å². The predicted molar refractivity (Wildman–Crippen MR) is 137 cm³/mol. The van der Waals surface area contributed by atoms with Gasteiger partial charge in [0.2, 0.25) is 0 Å². The molecule has 5 rings (SSSR count). The number of H-pyrrole nitrogens is 1. The van der Waals surface area contributed by atoms with E-state index in [4.69, 9.17) is 4.74 Å². The van der Waals surface area contributed by atoms with Crippen LogP contribution in [0.4, 0.5) is 0 Å². The lowest BCUT2D eigenvalue weighted by atomic mass is 9.95. The molecule has 1 amide bonds. The highest BCUT2D eigenvalue weighted by atomic mass is 16.5. The summed E-state index contributed by atoms with van der Waals surface area (Å²) >= 11 is 0. The third-order valence-corrected chi connectivity index (χ3v) is 6.44.